The van der Waals surface area contributed by atoms with Gasteiger partial charge in [-0.05, 0) is 31.0 Å². The molecule has 2 nitrogen and oxygen atoms in total. The van der Waals surface area contributed by atoms with Crippen LogP contribution in [-0.2, 0) is 0 Å². The average molecular weight is 260 g/mol. The highest BCUT2D eigenvalue weighted by Crippen LogP contribution is 2.32. The molecule has 0 aromatic heterocycles. The van der Waals surface area contributed by atoms with Crippen molar-refractivity contribution in [3.8, 4) is 11.5 Å². The molecule has 2 aromatic rings. The summed E-state index contributed by atoms with van der Waals surface area (Å²) in [4.78, 5) is 0. The zero-order chi connectivity index (χ0) is 13.8. The van der Waals surface area contributed by atoms with Crippen LogP contribution in [0, 0.1) is 12.7 Å². The Morgan fingerprint density at radius 2 is 1.89 bits per heavy atom. The van der Waals surface area contributed by atoms with Crippen LogP contribution in [-0.4, -0.2) is 5.11 Å². The van der Waals surface area contributed by atoms with E-state index in [4.69, 9.17) is 4.74 Å². The van der Waals surface area contributed by atoms with Crippen LogP contribution in [0.4, 0.5) is 4.39 Å². The number of benzene rings is 2. The van der Waals surface area contributed by atoms with E-state index in [0.29, 0.717) is 23.5 Å². The molecule has 3 heteroatoms. The SMILES string of the molecule is CCC(O)c1ccccc1Oc1cc(F)ccc1C. The zero-order valence-electron chi connectivity index (χ0n) is 11.1. The van der Waals surface area contributed by atoms with Gasteiger partial charge in [-0.25, -0.2) is 4.39 Å². The topological polar surface area (TPSA) is 29.5 Å². The molecule has 0 aliphatic rings. The average Bonchev–Trinajstić information content (AvgIpc) is 2.42. The molecular weight excluding hydrogens is 243 g/mol. The van der Waals surface area contributed by atoms with Crippen LogP contribution in [0.2, 0.25) is 0 Å². The molecule has 19 heavy (non-hydrogen) atoms. The number of rotatable bonds is 4. The van der Waals surface area contributed by atoms with E-state index >= 15 is 0 Å². The van der Waals surface area contributed by atoms with Crippen molar-refractivity contribution in [3.05, 3.63) is 59.4 Å². The van der Waals surface area contributed by atoms with Gasteiger partial charge < -0.3 is 9.84 Å². The van der Waals surface area contributed by atoms with Crippen molar-refractivity contribution in [2.24, 2.45) is 0 Å². The molecule has 0 aliphatic carbocycles. The van der Waals surface area contributed by atoms with Crippen molar-refractivity contribution < 1.29 is 14.2 Å². The maximum absolute atomic E-state index is 13.2. The molecule has 0 spiro atoms. The molecule has 1 N–H and O–H groups in total. The molecule has 0 aliphatic heterocycles. The van der Waals surface area contributed by atoms with Crippen molar-refractivity contribution in [2.75, 3.05) is 0 Å². The Morgan fingerprint density at radius 3 is 2.63 bits per heavy atom. The number of aliphatic hydroxyl groups is 1. The Balaban J connectivity index is 2.35. The second-order valence-corrected chi connectivity index (χ2v) is 4.47. The first-order valence-corrected chi connectivity index (χ1v) is 6.32. The van der Waals surface area contributed by atoms with Crippen LogP contribution >= 0.6 is 0 Å². The Bertz CT molecular complexity index is 566. The fourth-order valence-electron chi connectivity index (χ4n) is 1.87. The number of ether oxygens (including phenoxy) is 1. The number of hydrogen-bond acceptors (Lipinski definition) is 2. The summed E-state index contributed by atoms with van der Waals surface area (Å²) in [5.74, 6) is 0.690. The summed E-state index contributed by atoms with van der Waals surface area (Å²) in [6.07, 6.45) is 0.0211. The summed E-state index contributed by atoms with van der Waals surface area (Å²) in [6.45, 7) is 3.75. The van der Waals surface area contributed by atoms with Crippen LogP contribution in [0.5, 0.6) is 11.5 Å². The van der Waals surface area contributed by atoms with Gasteiger partial charge in [0.15, 0.2) is 0 Å². The lowest BCUT2D eigenvalue weighted by atomic mass is 10.1. The van der Waals surface area contributed by atoms with E-state index in [9.17, 15) is 9.50 Å². The largest absolute Gasteiger partial charge is 0.457 e. The van der Waals surface area contributed by atoms with Crippen molar-refractivity contribution in [2.45, 2.75) is 26.4 Å². The number of halogens is 1. The molecule has 0 saturated heterocycles. The molecule has 0 bridgehead atoms. The first kappa shape index (κ1) is 13.6. The molecular formula is C16H17FO2. The highest BCUT2D eigenvalue weighted by atomic mass is 19.1. The van der Waals surface area contributed by atoms with Gasteiger partial charge in [0.1, 0.15) is 17.3 Å². The van der Waals surface area contributed by atoms with Gasteiger partial charge in [0.05, 0.1) is 6.10 Å². The van der Waals surface area contributed by atoms with E-state index < -0.39 is 6.10 Å². The smallest absolute Gasteiger partial charge is 0.133 e. The monoisotopic (exact) mass is 260 g/mol. The first-order valence-electron chi connectivity index (χ1n) is 6.32. The third-order valence-electron chi connectivity index (χ3n) is 3.03. The molecule has 2 aromatic carbocycles. The third-order valence-corrected chi connectivity index (χ3v) is 3.03. The van der Waals surface area contributed by atoms with E-state index in [-0.39, 0.29) is 5.82 Å². The van der Waals surface area contributed by atoms with Gasteiger partial charge in [-0.1, -0.05) is 31.2 Å². The van der Waals surface area contributed by atoms with E-state index in [2.05, 4.69) is 0 Å². The quantitative estimate of drug-likeness (QED) is 0.884. The normalized spacial score (nSPS) is 12.2. The molecule has 0 fully saturated rings. The molecule has 0 amide bonds. The van der Waals surface area contributed by atoms with Crippen LogP contribution in [0.15, 0.2) is 42.5 Å². The van der Waals surface area contributed by atoms with Gasteiger partial charge in [-0.3, -0.25) is 0 Å². The Kier molecular flexibility index (Phi) is 4.17. The fourth-order valence-corrected chi connectivity index (χ4v) is 1.87. The van der Waals surface area contributed by atoms with Crippen molar-refractivity contribution in [1.82, 2.24) is 0 Å². The first-order chi connectivity index (χ1) is 9.11. The zero-order valence-corrected chi connectivity index (χ0v) is 11.1. The highest BCUT2D eigenvalue weighted by Gasteiger charge is 2.12. The number of aliphatic hydroxyl groups excluding tert-OH is 1. The van der Waals surface area contributed by atoms with Gasteiger partial charge in [0, 0.05) is 11.6 Å². The van der Waals surface area contributed by atoms with E-state index in [1.165, 1.54) is 12.1 Å². The van der Waals surface area contributed by atoms with Crippen molar-refractivity contribution >= 4 is 0 Å². The van der Waals surface area contributed by atoms with Gasteiger partial charge in [-0.2, -0.15) is 0 Å². The number of hydrogen-bond donors (Lipinski definition) is 1. The third kappa shape index (κ3) is 3.12. The lowest BCUT2D eigenvalue weighted by molar-refractivity contribution is 0.170. The minimum Gasteiger partial charge on any atom is -0.457 e. The van der Waals surface area contributed by atoms with Crippen LogP contribution in [0.1, 0.15) is 30.6 Å². The van der Waals surface area contributed by atoms with Gasteiger partial charge in [0.25, 0.3) is 0 Å². The Labute approximate surface area is 112 Å². The van der Waals surface area contributed by atoms with Crippen LogP contribution in [0.25, 0.3) is 0 Å². The Hall–Kier alpha value is -1.87. The fraction of sp³-hybridized carbons (Fsp3) is 0.250. The lowest BCUT2D eigenvalue weighted by Gasteiger charge is -2.15. The lowest BCUT2D eigenvalue weighted by Crippen LogP contribution is -1.99. The summed E-state index contributed by atoms with van der Waals surface area (Å²) in [7, 11) is 0. The van der Waals surface area contributed by atoms with E-state index in [1.807, 2.05) is 32.0 Å². The highest BCUT2D eigenvalue weighted by molar-refractivity contribution is 5.41. The molecule has 100 valence electrons. The van der Waals surface area contributed by atoms with Crippen molar-refractivity contribution in [3.63, 3.8) is 0 Å². The summed E-state index contributed by atoms with van der Waals surface area (Å²) >= 11 is 0. The Morgan fingerprint density at radius 1 is 1.16 bits per heavy atom. The molecule has 1 unspecified atom stereocenters. The minimum absolute atomic E-state index is 0.339. The van der Waals surface area contributed by atoms with Crippen LogP contribution < -0.4 is 4.74 Å². The molecule has 0 heterocycles. The van der Waals surface area contributed by atoms with Gasteiger partial charge in [0.2, 0.25) is 0 Å². The predicted octanol–water partition coefficient (Wildman–Crippen LogP) is 4.37. The molecule has 0 radical (unpaired) electrons. The summed E-state index contributed by atoms with van der Waals surface area (Å²) < 4.78 is 19.0. The van der Waals surface area contributed by atoms with Crippen LogP contribution in [0.3, 0.4) is 0 Å². The predicted molar refractivity (Wildman–Crippen MR) is 72.9 cm³/mol. The molecule has 1 atom stereocenters. The number of para-hydroxylation sites is 1. The van der Waals surface area contributed by atoms with E-state index in [1.54, 1.807) is 12.1 Å². The minimum atomic E-state index is -0.579. The maximum Gasteiger partial charge on any atom is 0.133 e. The standard InChI is InChI=1S/C16H17FO2/c1-3-14(18)13-6-4-5-7-15(13)19-16-10-12(17)9-8-11(16)2/h4-10,14,18H,3H2,1-2H3. The van der Waals surface area contributed by atoms with Crippen molar-refractivity contribution in [1.29, 1.82) is 0 Å². The van der Waals surface area contributed by atoms with Gasteiger partial charge >= 0.3 is 0 Å². The summed E-state index contributed by atoms with van der Waals surface area (Å²) in [5, 5.41) is 9.96. The number of aryl methyl sites for hydroxylation is 1. The molecule has 2 rings (SSSR count). The summed E-state index contributed by atoms with van der Waals surface area (Å²) in [6, 6.07) is 11.7. The molecule has 0 saturated carbocycles. The summed E-state index contributed by atoms with van der Waals surface area (Å²) in [5.41, 5.74) is 1.57. The van der Waals surface area contributed by atoms with Gasteiger partial charge in [-0.15, -0.1) is 0 Å². The second kappa shape index (κ2) is 5.85. The van der Waals surface area contributed by atoms with E-state index in [0.717, 1.165) is 5.56 Å². The maximum atomic E-state index is 13.2. The second-order valence-electron chi connectivity index (χ2n) is 4.47.